The van der Waals surface area contributed by atoms with Gasteiger partial charge in [0.1, 0.15) is 5.75 Å². The number of nitrogens with one attached hydrogen (secondary N) is 1. The normalized spacial score (nSPS) is 16.3. The zero-order chi connectivity index (χ0) is 20.9. The lowest BCUT2D eigenvalue weighted by Gasteiger charge is -2.35. The fraction of sp³-hybridized carbons (Fsp3) is 0.400. The number of rotatable bonds is 8. The van der Waals surface area contributed by atoms with Gasteiger partial charge < -0.3 is 4.74 Å². The molecule has 1 aliphatic heterocycles. The summed E-state index contributed by atoms with van der Waals surface area (Å²) in [5.41, 5.74) is 0.741. The van der Waals surface area contributed by atoms with Crippen LogP contribution in [0.25, 0.3) is 0 Å². The molecule has 1 heterocycles. The zero-order valence-electron chi connectivity index (χ0n) is 16.3. The summed E-state index contributed by atoms with van der Waals surface area (Å²) in [6, 6.07) is 12.6. The minimum absolute atomic E-state index is 0.112. The second-order valence-electron chi connectivity index (χ2n) is 6.99. The molecule has 0 radical (unpaired) electrons. The molecule has 9 heteroatoms. The predicted molar refractivity (Wildman–Crippen MR) is 109 cm³/mol. The van der Waals surface area contributed by atoms with Gasteiger partial charge in [0.2, 0.25) is 10.0 Å². The van der Waals surface area contributed by atoms with Gasteiger partial charge in [0, 0.05) is 24.7 Å². The van der Waals surface area contributed by atoms with E-state index in [1.54, 1.807) is 7.11 Å². The highest BCUT2D eigenvalue weighted by atomic mass is 32.2. The number of benzene rings is 2. The van der Waals surface area contributed by atoms with Crippen LogP contribution in [0.2, 0.25) is 0 Å². The average Bonchev–Trinajstić information content (AvgIpc) is 2.75. The van der Waals surface area contributed by atoms with E-state index in [1.807, 2.05) is 24.3 Å². The van der Waals surface area contributed by atoms with Gasteiger partial charge in [0.25, 0.3) is 5.69 Å². The Kier molecular flexibility index (Phi) is 6.83. The van der Waals surface area contributed by atoms with Crippen molar-refractivity contribution in [2.24, 2.45) is 0 Å². The number of nitrogens with zero attached hydrogens (tertiary/aromatic N) is 2. The Morgan fingerprint density at radius 3 is 2.45 bits per heavy atom. The van der Waals surface area contributed by atoms with Gasteiger partial charge in [-0.3, -0.25) is 15.0 Å². The Labute approximate surface area is 170 Å². The molecule has 0 saturated carbocycles. The molecule has 29 heavy (non-hydrogen) atoms. The molecule has 1 saturated heterocycles. The van der Waals surface area contributed by atoms with Gasteiger partial charge in [0.15, 0.2) is 0 Å². The van der Waals surface area contributed by atoms with Gasteiger partial charge in [0.05, 0.1) is 16.9 Å². The summed E-state index contributed by atoms with van der Waals surface area (Å²) < 4.78 is 33.4. The molecule has 8 nitrogen and oxygen atoms in total. The van der Waals surface area contributed by atoms with Crippen molar-refractivity contribution in [2.75, 3.05) is 26.7 Å². The van der Waals surface area contributed by atoms with Crippen LogP contribution in [0.15, 0.2) is 53.4 Å². The molecule has 2 aromatic carbocycles. The predicted octanol–water partition coefficient (Wildman–Crippen LogP) is 3.11. The number of non-ortho nitro benzene ring substituents is 1. The van der Waals surface area contributed by atoms with Crippen LogP contribution < -0.4 is 9.46 Å². The molecule has 2 aromatic rings. The summed E-state index contributed by atoms with van der Waals surface area (Å²) in [7, 11) is -2.28. The molecule has 0 aromatic heterocycles. The molecule has 1 aliphatic rings. The molecule has 156 valence electrons. The van der Waals surface area contributed by atoms with E-state index in [-0.39, 0.29) is 23.2 Å². The van der Waals surface area contributed by atoms with Gasteiger partial charge in [-0.1, -0.05) is 24.6 Å². The molecule has 3 rings (SSSR count). The van der Waals surface area contributed by atoms with Gasteiger partial charge in [-0.25, -0.2) is 13.1 Å². The molecule has 1 fully saturated rings. The van der Waals surface area contributed by atoms with Crippen LogP contribution >= 0.6 is 0 Å². The third-order valence-corrected chi connectivity index (χ3v) is 6.56. The summed E-state index contributed by atoms with van der Waals surface area (Å²) in [6.45, 7) is 1.97. The Bertz CT molecular complexity index is 941. The lowest BCUT2D eigenvalue weighted by molar-refractivity contribution is -0.385. The Hall–Kier alpha value is -2.49. The smallest absolute Gasteiger partial charge is 0.270 e. The van der Waals surface area contributed by atoms with E-state index >= 15 is 0 Å². The van der Waals surface area contributed by atoms with Crippen molar-refractivity contribution < 1.29 is 18.1 Å². The number of nitro benzene ring substituents is 1. The quantitative estimate of drug-likeness (QED) is 0.521. The molecule has 0 bridgehead atoms. The first-order valence-corrected chi connectivity index (χ1v) is 11.0. The zero-order valence-corrected chi connectivity index (χ0v) is 17.1. The maximum Gasteiger partial charge on any atom is 0.270 e. The van der Waals surface area contributed by atoms with Crippen LogP contribution in [-0.4, -0.2) is 45.0 Å². The highest BCUT2D eigenvalue weighted by molar-refractivity contribution is 7.89. The van der Waals surface area contributed by atoms with E-state index in [4.69, 9.17) is 4.74 Å². The highest BCUT2D eigenvalue weighted by Crippen LogP contribution is 2.26. The second-order valence-corrected chi connectivity index (χ2v) is 8.76. The van der Waals surface area contributed by atoms with Crippen LogP contribution in [0.4, 0.5) is 5.69 Å². The number of nitro groups is 1. The summed E-state index contributed by atoms with van der Waals surface area (Å²) >= 11 is 0. The van der Waals surface area contributed by atoms with Crippen molar-refractivity contribution in [3.8, 4) is 5.75 Å². The summed E-state index contributed by atoms with van der Waals surface area (Å²) in [4.78, 5) is 12.5. The first-order valence-electron chi connectivity index (χ1n) is 9.53. The first-order chi connectivity index (χ1) is 13.9. The second kappa shape index (κ2) is 9.34. The largest absolute Gasteiger partial charge is 0.497 e. The Balaban J connectivity index is 1.81. The summed E-state index contributed by atoms with van der Waals surface area (Å²) in [5, 5.41) is 11.0. The first kappa shape index (κ1) is 21.2. The molecule has 1 unspecified atom stereocenters. The number of ether oxygens (including phenoxy) is 1. The fourth-order valence-electron chi connectivity index (χ4n) is 3.55. The average molecular weight is 420 g/mol. The number of likely N-dealkylation sites (tertiary alicyclic amines) is 1. The van der Waals surface area contributed by atoms with E-state index < -0.39 is 14.9 Å². The van der Waals surface area contributed by atoms with Crippen molar-refractivity contribution in [1.29, 1.82) is 0 Å². The van der Waals surface area contributed by atoms with E-state index in [0.29, 0.717) is 0 Å². The third-order valence-electron chi connectivity index (χ3n) is 5.14. The van der Waals surface area contributed by atoms with Crippen molar-refractivity contribution in [1.82, 2.24) is 9.62 Å². The standard InChI is InChI=1S/C20H25N3O5S/c1-28-18-10-8-16(9-11-18)20(22-12-3-2-4-13-22)15-21-29(26,27)19-7-5-6-17(14-19)23(24)25/h5-11,14,20-21H,2-4,12-13,15H2,1H3. The van der Waals surface area contributed by atoms with Crippen LogP contribution in [0, 0.1) is 10.1 Å². The molecule has 0 spiro atoms. The summed E-state index contributed by atoms with van der Waals surface area (Å²) in [5.74, 6) is 0.739. The van der Waals surface area contributed by atoms with Crippen LogP contribution in [0.3, 0.4) is 0 Å². The molecule has 0 aliphatic carbocycles. The molecule has 0 amide bonds. The third kappa shape index (κ3) is 5.31. The highest BCUT2D eigenvalue weighted by Gasteiger charge is 2.25. The minimum atomic E-state index is -3.88. The van der Waals surface area contributed by atoms with Crippen LogP contribution in [-0.2, 0) is 10.0 Å². The van der Waals surface area contributed by atoms with Gasteiger partial charge in [-0.2, -0.15) is 0 Å². The molecule has 1 atom stereocenters. The van der Waals surface area contributed by atoms with Crippen molar-refractivity contribution in [2.45, 2.75) is 30.2 Å². The minimum Gasteiger partial charge on any atom is -0.497 e. The van der Waals surface area contributed by atoms with Gasteiger partial charge in [-0.05, 0) is 49.7 Å². The lowest BCUT2D eigenvalue weighted by Crippen LogP contribution is -2.40. The van der Waals surface area contributed by atoms with Gasteiger partial charge >= 0.3 is 0 Å². The van der Waals surface area contributed by atoms with Crippen LogP contribution in [0.5, 0.6) is 5.75 Å². The molecular formula is C20H25N3O5S. The summed E-state index contributed by atoms with van der Waals surface area (Å²) in [6.07, 6.45) is 3.32. The lowest BCUT2D eigenvalue weighted by atomic mass is 10.0. The van der Waals surface area contributed by atoms with Crippen molar-refractivity contribution in [3.63, 3.8) is 0 Å². The maximum atomic E-state index is 12.8. The molecular weight excluding hydrogens is 394 g/mol. The van der Waals surface area contributed by atoms with Crippen molar-refractivity contribution >= 4 is 15.7 Å². The Morgan fingerprint density at radius 2 is 1.83 bits per heavy atom. The SMILES string of the molecule is COc1ccc(C(CNS(=O)(=O)c2cccc([N+](=O)[O-])c2)N2CCCCC2)cc1. The Morgan fingerprint density at radius 1 is 1.14 bits per heavy atom. The van der Waals surface area contributed by atoms with E-state index in [9.17, 15) is 18.5 Å². The monoisotopic (exact) mass is 419 g/mol. The fourth-order valence-corrected chi connectivity index (χ4v) is 4.63. The number of hydrogen-bond donors (Lipinski definition) is 1. The topological polar surface area (TPSA) is 102 Å². The number of hydrogen-bond acceptors (Lipinski definition) is 6. The van der Waals surface area contributed by atoms with Crippen molar-refractivity contribution in [3.05, 3.63) is 64.2 Å². The number of sulfonamides is 1. The van der Waals surface area contributed by atoms with E-state index in [1.165, 1.54) is 24.6 Å². The number of piperidine rings is 1. The number of methoxy groups -OCH3 is 1. The van der Waals surface area contributed by atoms with E-state index in [0.717, 1.165) is 43.3 Å². The molecule has 1 N–H and O–H groups in total. The van der Waals surface area contributed by atoms with Crippen LogP contribution in [0.1, 0.15) is 30.9 Å². The van der Waals surface area contributed by atoms with Gasteiger partial charge in [-0.15, -0.1) is 0 Å². The maximum absolute atomic E-state index is 12.8. The van der Waals surface area contributed by atoms with E-state index in [2.05, 4.69) is 9.62 Å².